The van der Waals surface area contributed by atoms with Gasteiger partial charge in [0.25, 0.3) is 0 Å². The summed E-state index contributed by atoms with van der Waals surface area (Å²) in [6.07, 6.45) is 1.07. The lowest BCUT2D eigenvalue weighted by atomic mass is 10.1. The van der Waals surface area contributed by atoms with Gasteiger partial charge < -0.3 is 16.0 Å². The van der Waals surface area contributed by atoms with E-state index < -0.39 is 6.04 Å². The van der Waals surface area contributed by atoms with Crippen molar-refractivity contribution in [3.8, 4) is 0 Å². The molecule has 0 bridgehead atoms. The maximum absolute atomic E-state index is 12.1. The fraction of sp³-hybridized carbons (Fsp3) is 0.500. The molecule has 1 fully saturated rings. The fourth-order valence-corrected chi connectivity index (χ4v) is 2.90. The largest absolute Gasteiger partial charge is 0.352 e. The van der Waals surface area contributed by atoms with E-state index in [-0.39, 0.29) is 11.8 Å². The van der Waals surface area contributed by atoms with Crippen LogP contribution < -0.4 is 11.1 Å². The summed E-state index contributed by atoms with van der Waals surface area (Å²) in [5.74, 6) is -0.0847. The van der Waals surface area contributed by atoms with E-state index in [9.17, 15) is 9.59 Å². The molecular formula is C12H17N3O2S. The van der Waals surface area contributed by atoms with Crippen molar-refractivity contribution >= 4 is 23.2 Å². The average molecular weight is 267 g/mol. The van der Waals surface area contributed by atoms with E-state index in [0.717, 1.165) is 4.88 Å². The SMILES string of the molecule is NCCCC(=O)N1CCNC(=O)C1c1cccs1. The Labute approximate surface area is 110 Å². The Morgan fingerprint density at radius 3 is 3.11 bits per heavy atom. The molecule has 98 valence electrons. The van der Waals surface area contributed by atoms with E-state index in [1.807, 2.05) is 17.5 Å². The number of thiophene rings is 1. The molecule has 1 aromatic heterocycles. The van der Waals surface area contributed by atoms with Crippen LogP contribution in [0.3, 0.4) is 0 Å². The number of amides is 2. The van der Waals surface area contributed by atoms with Gasteiger partial charge in [-0.1, -0.05) is 6.07 Å². The summed E-state index contributed by atoms with van der Waals surface area (Å²) < 4.78 is 0. The summed E-state index contributed by atoms with van der Waals surface area (Å²) in [6, 6.07) is 3.32. The highest BCUT2D eigenvalue weighted by Gasteiger charge is 2.34. The number of carbonyl (C=O) groups is 2. The Morgan fingerprint density at radius 1 is 1.61 bits per heavy atom. The van der Waals surface area contributed by atoms with Gasteiger partial charge in [0.05, 0.1) is 0 Å². The van der Waals surface area contributed by atoms with Gasteiger partial charge in [0.1, 0.15) is 6.04 Å². The zero-order valence-corrected chi connectivity index (χ0v) is 10.9. The fourth-order valence-electron chi connectivity index (χ4n) is 2.06. The van der Waals surface area contributed by atoms with E-state index in [0.29, 0.717) is 32.5 Å². The monoisotopic (exact) mass is 267 g/mol. The minimum Gasteiger partial charge on any atom is -0.352 e. The lowest BCUT2D eigenvalue weighted by Gasteiger charge is -2.34. The summed E-state index contributed by atoms with van der Waals surface area (Å²) in [4.78, 5) is 26.6. The molecule has 1 aliphatic heterocycles. The Balaban J connectivity index is 2.15. The third-order valence-corrected chi connectivity index (χ3v) is 3.86. The van der Waals surface area contributed by atoms with Gasteiger partial charge in [-0.15, -0.1) is 11.3 Å². The van der Waals surface area contributed by atoms with Gasteiger partial charge in [-0.3, -0.25) is 9.59 Å². The highest BCUT2D eigenvalue weighted by Crippen LogP contribution is 2.27. The number of rotatable bonds is 4. The van der Waals surface area contributed by atoms with Crippen LogP contribution in [-0.2, 0) is 9.59 Å². The van der Waals surface area contributed by atoms with E-state index >= 15 is 0 Å². The first-order valence-corrected chi connectivity index (χ1v) is 6.92. The van der Waals surface area contributed by atoms with Crippen LogP contribution in [0.4, 0.5) is 0 Å². The van der Waals surface area contributed by atoms with Crippen LogP contribution in [0.15, 0.2) is 17.5 Å². The van der Waals surface area contributed by atoms with Gasteiger partial charge in [-0.25, -0.2) is 0 Å². The van der Waals surface area contributed by atoms with E-state index in [2.05, 4.69) is 5.32 Å². The van der Waals surface area contributed by atoms with E-state index in [1.54, 1.807) is 4.90 Å². The number of carbonyl (C=O) groups excluding carboxylic acids is 2. The predicted molar refractivity (Wildman–Crippen MR) is 70.1 cm³/mol. The van der Waals surface area contributed by atoms with Gasteiger partial charge in [-0.05, 0) is 24.4 Å². The lowest BCUT2D eigenvalue weighted by Crippen LogP contribution is -2.51. The van der Waals surface area contributed by atoms with Crippen molar-refractivity contribution in [1.82, 2.24) is 10.2 Å². The molecule has 3 N–H and O–H groups in total. The van der Waals surface area contributed by atoms with Gasteiger partial charge >= 0.3 is 0 Å². The first-order valence-electron chi connectivity index (χ1n) is 6.04. The molecule has 18 heavy (non-hydrogen) atoms. The molecular weight excluding hydrogens is 250 g/mol. The number of nitrogens with two attached hydrogens (primary N) is 1. The zero-order valence-electron chi connectivity index (χ0n) is 10.1. The third-order valence-electron chi connectivity index (χ3n) is 2.94. The number of hydrogen-bond acceptors (Lipinski definition) is 4. The number of nitrogens with zero attached hydrogens (tertiary/aromatic N) is 1. The maximum atomic E-state index is 12.1. The van der Waals surface area contributed by atoms with Crippen LogP contribution >= 0.6 is 11.3 Å². The van der Waals surface area contributed by atoms with Gasteiger partial charge in [0.2, 0.25) is 11.8 Å². The Hall–Kier alpha value is -1.40. The molecule has 2 rings (SSSR count). The average Bonchev–Trinajstić information content (AvgIpc) is 2.89. The highest BCUT2D eigenvalue weighted by atomic mass is 32.1. The number of nitrogens with one attached hydrogen (secondary N) is 1. The van der Waals surface area contributed by atoms with Crippen LogP contribution in [0, 0.1) is 0 Å². The van der Waals surface area contributed by atoms with Crippen LogP contribution in [-0.4, -0.2) is 36.3 Å². The predicted octanol–water partition coefficient (Wildman–Crippen LogP) is 0.487. The van der Waals surface area contributed by atoms with E-state index in [1.165, 1.54) is 11.3 Å². The molecule has 1 unspecified atom stereocenters. The second-order valence-electron chi connectivity index (χ2n) is 4.19. The molecule has 0 spiro atoms. The van der Waals surface area contributed by atoms with Crippen molar-refractivity contribution in [3.05, 3.63) is 22.4 Å². The minimum absolute atomic E-state index is 0.00806. The van der Waals surface area contributed by atoms with Crippen molar-refractivity contribution in [2.45, 2.75) is 18.9 Å². The van der Waals surface area contributed by atoms with Crippen LogP contribution in [0.2, 0.25) is 0 Å². The summed E-state index contributed by atoms with van der Waals surface area (Å²) in [7, 11) is 0. The standard InChI is InChI=1S/C12H17N3O2S/c13-5-1-4-10(16)15-7-6-14-12(17)11(15)9-3-2-8-18-9/h2-3,8,11H,1,4-7,13H2,(H,14,17). The van der Waals surface area contributed by atoms with Crippen molar-refractivity contribution in [2.75, 3.05) is 19.6 Å². The number of piperazine rings is 1. The van der Waals surface area contributed by atoms with Gasteiger partial charge in [0.15, 0.2) is 0 Å². The topological polar surface area (TPSA) is 75.4 Å². The smallest absolute Gasteiger partial charge is 0.248 e. The second-order valence-corrected chi connectivity index (χ2v) is 5.17. The molecule has 1 atom stereocenters. The minimum atomic E-state index is -0.468. The van der Waals surface area contributed by atoms with Gasteiger partial charge in [0, 0.05) is 24.4 Å². The summed E-state index contributed by atoms with van der Waals surface area (Å²) in [5.41, 5.74) is 5.41. The van der Waals surface area contributed by atoms with Crippen LogP contribution in [0.5, 0.6) is 0 Å². The first kappa shape index (κ1) is 13.0. The Kier molecular flexibility index (Phi) is 4.33. The molecule has 6 heteroatoms. The summed E-state index contributed by atoms with van der Waals surface area (Å²) in [6.45, 7) is 1.59. The molecule has 0 aliphatic carbocycles. The summed E-state index contributed by atoms with van der Waals surface area (Å²) in [5, 5.41) is 4.73. The molecule has 2 amide bonds. The third kappa shape index (κ3) is 2.70. The molecule has 2 heterocycles. The van der Waals surface area contributed by atoms with Crippen molar-refractivity contribution in [3.63, 3.8) is 0 Å². The second kappa shape index (κ2) is 5.97. The number of hydrogen-bond donors (Lipinski definition) is 2. The molecule has 1 aromatic rings. The van der Waals surface area contributed by atoms with Crippen molar-refractivity contribution in [2.24, 2.45) is 5.73 Å². The molecule has 1 saturated heterocycles. The first-order chi connectivity index (χ1) is 8.74. The molecule has 1 aliphatic rings. The zero-order chi connectivity index (χ0) is 13.0. The normalized spacial score (nSPS) is 19.7. The molecule has 0 saturated carbocycles. The maximum Gasteiger partial charge on any atom is 0.248 e. The Morgan fingerprint density at radius 2 is 2.44 bits per heavy atom. The van der Waals surface area contributed by atoms with Gasteiger partial charge in [-0.2, -0.15) is 0 Å². The highest BCUT2D eigenvalue weighted by molar-refractivity contribution is 7.10. The van der Waals surface area contributed by atoms with E-state index in [4.69, 9.17) is 5.73 Å². The molecule has 0 aromatic carbocycles. The van der Waals surface area contributed by atoms with Crippen LogP contribution in [0.25, 0.3) is 0 Å². The molecule has 0 radical (unpaired) electrons. The summed E-state index contributed by atoms with van der Waals surface area (Å²) >= 11 is 1.50. The lowest BCUT2D eigenvalue weighted by molar-refractivity contribution is -0.143. The van der Waals surface area contributed by atoms with Crippen molar-refractivity contribution < 1.29 is 9.59 Å². The van der Waals surface area contributed by atoms with Crippen molar-refractivity contribution in [1.29, 1.82) is 0 Å². The van der Waals surface area contributed by atoms with Crippen LogP contribution in [0.1, 0.15) is 23.8 Å². The quantitative estimate of drug-likeness (QED) is 0.833. The molecule has 5 nitrogen and oxygen atoms in total. The Bertz CT molecular complexity index is 419.